The van der Waals surface area contributed by atoms with Crippen LogP contribution in [0, 0.1) is 0 Å². The Kier molecular flexibility index (Phi) is 5.69. The van der Waals surface area contributed by atoms with Gasteiger partial charge in [0.2, 0.25) is 0 Å². The summed E-state index contributed by atoms with van der Waals surface area (Å²) in [5, 5.41) is 2.28. The van der Waals surface area contributed by atoms with E-state index in [9.17, 15) is 8.42 Å². The molecule has 1 heterocycles. The molecule has 0 unspecified atom stereocenters. The Morgan fingerprint density at radius 3 is 2.34 bits per heavy atom. The quantitative estimate of drug-likeness (QED) is 0.339. The summed E-state index contributed by atoms with van der Waals surface area (Å²) in [6.07, 6.45) is 1.75. The number of para-hydroxylation sites is 1. The highest BCUT2D eigenvalue weighted by Crippen LogP contribution is 2.37. The smallest absolute Gasteiger partial charge is 0.266 e. The van der Waals surface area contributed by atoms with Crippen molar-refractivity contribution in [2.75, 3.05) is 10.8 Å². The van der Waals surface area contributed by atoms with E-state index in [4.69, 9.17) is 0 Å². The van der Waals surface area contributed by atoms with E-state index in [2.05, 4.69) is 31.2 Å². The zero-order chi connectivity index (χ0) is 20.3. The number of thiophene rings is 1. The van der Waals surface area contributed by atoms with Crippen LogP contribution >= 0.6 is 11.3 Å². The molecular formula is C24H23NO2S2. The van der Waals surface area contributed by atoms with E-state index in [1.54, 1.807) is 6.07 Å². The lowest BCUT2D eigenvalue weighted by Gasteiger charge is -2.23. The standard InChI is InChI=1S/C24H23NO2S2/c1-2-3-18-25(20-12-5-4-6-13-20)29(26,27)24-17-16-23(28-24)22-15-9-11-19-10-7-8-14-21(19)22/h4-17H,2-3,18H2,1H3. The van der Waals surface area contributed by atoms with Crippen molar-refractivity contribution in [3.63, 3.8) is 0 Å². The molecule has 4 aromatic rings. The van der Waals surface area contributed by atoms with Crippen LogP contribution in [0.4, 0.5) is 5.69 Å². The van der Waals surface area contributed by atoms with Crippen molar-refractivity contribution in [3.05, 3.63) is 84.9 Å². The summed E-state index contributed by atoms with van der Waals surface area (Å²) >= 11 is 1.33. The molecule has 5 heteroatoms. The van der Waals surface area contributed by atoms with Gasteiger partial charge in [-0.1, -0.05) is 74.0 Å². The maximum Gasteiger partial charge on any atom is 0.273 e. The normalized spacial score (nSPS) is 11.6. The number of benzene rings is 3. The highest BCUT2D eigenvalue weighted by molar-refractivity contribution is 7.94. The van der Waals surface area contributed by atoms with Gasteiger partial charge in [0.15, 0.2) is 0 Å². The molecule has 0 amide bonds. The summed E-state index contributed by atoms with van der Waals surface area (Å²) in [7, 11) is -3.61. The third-order valence-electron chi connectivity index (χ3n) is 4.94. The second kappa shape index (κ2) is 8.39. The molecule has 4 rings (SSSR count). The Balaban J connectivity index is 1.75. The van der Waals surface area contributed by atoms with Gasteiger partial charge < -0.3 is 0 Å². The monoisotopic (exact) mass is 421 g/mol. The van der Waals surface area contributed by atoms with Crippen molar-refractivity contribution >= 4 is 37.8 Å². The summed E-state index contributed by atoms with van der Waals surface area (Å²) in [5.74, 6) is 0. The Labute approximate surface area is 176 Å². The maximum absolute atomic E-state index is 13.5. The molecule has 3 nitrogen and oxygen atoms in total. The predicted octanol–water partition coefficient (Wildman–Crippen LogP) is 6.56. The highest BCUT2D eigenvalue weighted by atomic mass is 32.2. The van der Waals surface area contributed by atoms with Crippen molar-refractivity contribution in [1.29, 1.82) is 0 Å². The van der Waals surface area contributed by atoms with Crippen molar-refractivity contribution in [2.45, 2.75) is 24.0 Å². The van der Waals surface area contributed by atoms with Gasteiger partial charge >= 0.3 is 0 Å². The van der Waals surface area contributed by atoms with Crippen LogP contribution in [0.25, 0.3) is 21.2 Å². The van der Waals surface area contributed by atoms with Crippen LogP contribution in [0.3, 0.4) is 0 Å². The van der Waals surface area contributed by atoms with Gasteiger partial charge in [0.25, 0.3) is 10.0 Å². The van der Waals surface area contributed by atoms with Gasteiger partial charge in [0.05, 0.1) is 5.69 Å². The maximum atomic E-state index is 13.5. The Morgan fingerprint density at radius 1 is 0.828 bits per heavy atom. The molecule has 0 atom stereocenters. The van der Waals surface area contributed by atoms with E-state index in [1.165, 1.54) is 15.6 Å². The lowest BCUT2D eigenvalue weighted by Crippen LogP contribution is -2.31. The number of fused-ring (bicyclic) bond motifs is 1. The van der Waals surface area contributed by atoms with Gasteiger partial charge in [0, 0.05) is 11.4 Å². The number of unbranched alkanes of at least 4 members (excludes halogenated alkanes) is 1. The minimum absolute atomic E-state index is 0.375. The van der Waals surface area contributed by atoms with Crippen molar-refractivity contribution in [1.82, 2.24) is 0 Å². The van der Waals surface area contributed by atoms with Gasteiger partial charge in [-0.2, -0.15) is 0 Å². The lowest BCUT2D eigenvalue weighted by atomic mass is 10.0. The van der Waals surface area contributed by atoms with Crippen LogP contribution < -0.4 is 4.31 Å². The van der Waals surface area contributed by atoms with Crippen molar-refractivity contribution in [3.8, 4) is 10.4 Å². The van der Waals surface area contributed by atoms with Gasteiger partial charge in [-0.15, -0.1) is 11.3 Å². The molecule has 0 aliphatic heterocycles. The molecule has 3 aromatic carbocycles. The van der Waals surface area contributed by atoms with Crippen LogP contribution in [0.5, 0.6) is 0 Å². The van der Waals surface area contributed by atoms with Crippen LogP contribution in [0.1, 0.15) is 19.8 Å². The molecule has 0 bridgehead atoms. The molecule has 0 N–H and O–H groups in total. The highest BCUT2D eigenvalue weighted by Gasteiger charge is 2.26. The first-order chi connectivity index (χ1) is 14.1. The third kappa shape index (κ3) is 3.93. The fourth-order valence-corrected chi connectivity index (χ4v) is 6.40. The zero-order valence-electron chi connectivity index (χ0n) is 16.3. The van der Waals surface area contributed by atoms with Gasteiger partial charge in [-0.05, 0) is 47.0 Å². The van der Waals surface area contributed by atoms with Gasteiger partial charge in [-0.3, -0.25) is 4.31 Å². The van der Waals surface area contributed by atoms with Crippen LogP contribution in [0.15, 0.2) is 89.1 Å². The second-order valence-corrected chi connectivity index (χ2v) is 10.1. The first kappa shape index (κ1) is 19.7. The fourth-order valence-electron chi connectivity index (χ4n) is 3.44. The Bertz CT molecular complexity index is 1210. The SMILES string of the molecule is CCCCN(c1ccccc1)S(=O)(=O)c1ccc(-c2cccc3ccccc23)s1. The minimum atomic E-state index is -3.61. The Morgan fingerprint density at radius 2 is 1.55 bits per heavy atom. The van der Waals surface area contributed by atoms with Gasteiger partial charge in [-0.25, -0.2) is 8.42 Å². The number of anilines is 1. The first-order valence-electron chi connectivity index (χ1n) is 9.77. The first-order valence-corrected chi connectivity index (χ1v) is 12.0. The fraction of sp³-hybridized carbons (Fsp3) is 0.167. The van der Waals surface area contributed by atoms with Gasteiger partial charge in [0.1, 0.15) is 4.21 Å². The molecule has 148 valence electrons. The number of hydrogen-bond acceptors (Lipinski definition) is 3. The van der Waals surface area contributed by atoms with Crippen LogP contribution in [0.2, 0.25) is 0 Å². The predicted molar refractivity (Wildman–Crippen MR) is 123 cm³/mol. The molecule has 0 spiro atoms. The molecule has 0 aliphatic rings. The lowest BCUT2D eigenvalue weighted by molar-refractivity contribution is 0.590. The summed E-state index contributed by atoms with van der Waals surface area (Å²) in [6.45, 7) is 2.55. The largest absolute Gasteiger partial charge is 0.273 e. The molecule has 29 heavy (non-hydrogen) atoms. The van der Waals surface area contributed by atoms with Crippen LogP contribution in [-0.4, -0.2) is 15.0 Å². The summed E-state index contributed by atoms with van der Waals surface area (Å²) in [5.41, 5.74) is 1.77. The van der Waals surface area contributed by atoms with E-state index in [-0.39, 0.29) is 0 Å². The van der Waals surface area contributed by atoms with E-state index in [0.717, 1.165) is 34.1 Å². The molecule has 0 saturated carbocycles. The van der Waals surface area contributed by atoms with Crippen LogP contribution in [-0.2, 0) is 10.0 Å². The van der Waals surface area contributed by atoms with E-state index in [1.807, 2.05) is 54.6 Å². The summed E-state index contributed by atoms with van der Waals surface area (Å²) in [4.78, 5) is 0.962. The molecule has 1 aromatic heterocycles. The number of nitrogens with zero attached hydrogens (tertiary/aromatic N) is 1. The molecule has 0 radical (unpaired) electrons. The second-order valence-electron chi connectivity index (χ2n) is 6.91. The average Bonchev–Trinajstić information content (AvgIpc) is 3.25. The van der Waals surface area contributed by atoms with E-state index >= 15 is 0 Å². The molecular weight excluding hydrogens is 398 g/mol. The molecule has 0 aliphatic carbocycles. The van der Waals surface area contributed by atoms with Crippen molar-refractivity contribution < 1.29 is 8.42 Å². The Hall–Kier alpha value is -2.63. The average molecular weight is 422 g/mol. The number of rotatable bonds is 7. The molecule has 0 saturated heterocycles. The summed E-state index contributed by atoms with van der Waals surface area (Å²) in [6, 6.07) is 27.3. The topological polar surface area (TPSA) is 37.4 Å². The number of hydrogen-bond donors (Lipinski definition) is 0. The van der Waals surface area contributed by atoms with E-state index < -0.39 is 10.0 Å². The minimum Gasteiger partial charge on any atom is -0.266 e. The molecule has 0 fully saturated rings. The third-order valence-corrected chi connectivity index (χ3v) is 8.35. The zero-order valence-corrected chi connectivity index (χ0v) is 17.9. The van der Waals surface area contributed by atoms with Crippen molar-refractivity contribution in [2.24, 2.45) is 0 Å². The number of sulfonamides is 1. The summed E-state index contributed by atoms with van der Waals surface area (Å²) < 4.78 is 28.9. The van der Waals surface area contributed by atoms with E-state index in [0.29, 0.717) is 16.4 Å².